The van der Waals surface area contributed by atoms with Crippen LogP contribution in [0.25, 0.3) is 10.8 Å². The average Bonchev–Trinajstić information content (AvgIpc) is 2.65. The van der Waals surface area contributed by atoms with Gasteiger partial charge in [-0.05, 0) is 36.1 Å². The summed E-state index contributed by atoms with van der Waals surface area (Å²) in [5, 5.41) is 14.1. The Morgan fingerprint density at radius 1 is 1.23 bits per heavy atom. The van der Waals surface area contributed by atoms with Gasteiger partial charge in [0.15, 0.2) is 7.28 Å². The molecule has 1 aromatic heterocycles. The molecule has 6 heteroatoms. The molecule has 131 valence electrons. The molecule has 3 aromatic rings. The van der Waals surface area contributed by atoms with Gasteiger partial charge >= 0.3 is 0 Å². The second-order valence-corrected chi connectivity index (χ2v) is 6.22. The van der Waals surface area contributed by atoms with E-state index in [-0.39, 0.29) is 19.0 Å². The molecule has 1 unspecified atom stereocenters. The normalized spacial score (nSPS) is 12.0. The van der Waals surface area contributed by atoms with Gasteiger partial charge in [-0.25, -0.2) is 0 Å². The predicted molar refractivity (Wildman–Crippen MR) is 106 cm³/mol. The smallest absolute Gasteiger partial charge is 0.233 e. The number of nitrogens with two attached hydrogens (primary N) is 1. The first-order valence-corrected chi connectivity index (χ1v) is 8.51. The van der Waals surface area contributed by atoms with E-state index in [1.54, 1.807) is 19.7 Å². The zero-order valence-electron chi connectivity index (χ0n) is 14.6. The van der Waals surface area contributed by atoms with Crippen molar-refractivity contribution < 1.29 is 9.90 Å². The molecule has 0 spiro atoms. The summed E-state index contributed by atoms with van der Waals surface area (Å²) in [5.74, 6) is -0.616. The number of rotatable bonds is 6. The van der Waals surface area contributed by atoms with Crippen LogP contribution < -0.4 is 16.5 Å². The van der Waals surface area contributed by atoms with E-state index in [0.29, 0.717) is 0 Å². The summed E-state index contributed by atoms with van der Waals surface area (Å²) in [5.41, 5.74) is 9.40. The molecule has 1 radical (unpaired) electrons. The lowest BCUT2D eigenvalue weighted by Gasteiger charge is -2.17. The molecule has 4 N–H and O–H groups in total. The van der Waals surface area contributed by atoms with E-state index < -0.39 is 5.92 Å². The van der Waals surface area contributed by atoms with Crippen molar-refractivity contribution in [2.45, 2.75) is 12.8 Å². The number of hydrogen-bond acceptors (Lipinski definition) is 4. The third-order valence-electron chi connectivity index (χ3n) is 4.48. The second-order valence-electron chi connectivity index (χ2n) is 6.22. The van der Waals surface area contributed by atoms with Crippen molar-refractivity contribution in [3.05, 3.63) is 66.0 Å². The van der Waals surface area contributed by atoms with Crippen LogP contribution in [-0.4, -0.2) is 36.3 Å². The monoisotopic (exact) mass is 346 g/mol. The van der Waals surface area contributed by atoms with Crippen molar-refractivity contribution in [2.24, 2.45) is 5.73 Å². The van der Waals surface area contributed by atoms with Gasteiger partial charge in [0.05, 0.1) is 5.92 Å². The number of aliphatic hydroxyl groups excluding tert-OH is 1. The Labute approximate surface area is 153 Å². The van der Waals surface area contributed by atoms with Crippen LogP contribution in [0.5, 0.6) is 0 Å². The van der Waals surface area contributed by atoms with Crippen molar-refractivity contribution >= 4 is 35.1 Å². The van der Waals surface area contributed by atoms with E-state index in [1.165, 1.54) is 0 Å². The first-order valence-electron chi connectivity index (χ1n) is 8.51. The predicted octanol–water partition coefficient (Wildman–Crippen LogP) is 1.50. The zero-order chi connectivity index (χ0) is 18.5. The number of carbonyl (C=O) groups excluding carboxylic acids is 1. The van der Waals surface area contributed by atoms with Crippen LogP contribution in [0.1, 0.15) is 17.0 Å². The Hall–Kier alpha value is -2.70. The molecule has 0 fully saturated rings. The number of nitrogens with one attached hydrogen (secondary N) is 1. The van der Waals surface area contributed by atoms with Crippen LogP contribution in [0.2, 0.25) is 0 Å². The Balaban J connectivity index is 1.83. The van der Waals surface area contributed by atoms with E-state index in [4.69, 9.17) is 10.8 Å². The molecule has 1 heterocycles. The summed E-state index contributed by atoms with van der Waals surface area (Å²) in [7, 11) is 1.72. The Morgan fingerprint density at radius 2 is 2.08 bits per heavy atom. The molecule has 0 bridgehead atoms. The van der Waals surface area contributed by atoms with Crippen molar-refractivity contribution in [2.75, 3.05) is 18.4 Å². The molecule has 26 heavy (non-hydrogen) atoms. The van der Waals surface area contributed by atoms with E-state index in [0.717, 1.165) is 33.0 Å². The third-order valence-corrected chi connectivity index (χ3v) is 4.48. The fourth-order valence-corrected chi connectivity index (χ4v) is 2.98. The van der Waals surface area contributed by atoms with Crippen LogP contribution in [-0.2, 0) is 4.79 Å². The van der Waals surface area contributed by atoms with Crippen LogP contribution >= 0.6 is 0 Å². The number of amides is 1. The first-order chi connectivity index (χ1) is 12.6. The number of anilines is 1. The van der Waals surface area contributed by atoms with Crippen molar-refractivity contribution in [3.8, 4) is 0 Å². The average molecular weight is 346 g/mol. The molecule has 1 amide bonds. The fraction of sp³-hybridized carbons (Fsp3) is 0.200. The topological polar surface area (TPSA) is 88.2 Å². The molecule has 5 nitrogen and oxygen atoms in total. The van der Waals surface area contributed by atoms with Gasteiger partial charge in [0.2, 0.25) is 5.91 Å². The minimum absolute atomic E-state index is 0.0459. The van der Waals surface area contributed by atoms with Crippen LogP contribution in [0.3, 0.4) is 0 Å². The molecular formula is C20H21BN3O2. The minimum Gasteiger partial charge on any atom is -0.405 e. The molecule has 0 saturated carbocycles. The van der Waals surface area contributed by atoms with Crippen LogP contribution in [0.15, 0.2) is 54.9 Å². The van der Waals surface area contributed by atoms with Gasteiger partial charge in [-0.15, -0.1) is 0 Å². The zero-order valence-corrected chi connectivity index (χ0v) is 14.6. The van der Waals surface area contributed by atoms with E-state index >= 15 is 0 Å². The maximum Gasteiger partial charge on any atom is 0.233 e. The number of fused-ring (bicyclic) bond motifs is 1. The third kappa shape index (κ3) is 3.93. The highest BCUT2D eigenvalue weighted by atomic mass is 16.2. The number of aliphatic hydroxyl groups is 1. The standard InChI is InChI=1S/C20H21BN3O2/c1-13-2-3-15(9-19(13)21-12-25)18(10-22)20(26)24-17-5-4-16-11-23-7-6-14(16)8-17/h2-9,11,18,25H,10,12,22H2,1H3,(H,24,26). The van der Waals surface area contributed by atoms with Crippen molar-refractivity contribution in [1.29, 1.82) is 0 Å². The quantitative estimate of drug-likeness (QED) is 0.591. The lowest BCUT2D eigenvalue weighted by atomic mass is 9.68. The summed E-state index contributed by atoms with van der Waals surface area (Å²) in [4.78, 5) is 16.9. The number of pyridine rings is 1. The van der Waals surface area contributed by atoms with Gasteiger partial charge < -0.3 is 16.2 Å². The van der Waals surface area contributed by atoms with Crippen LogP contribution in [0, 0.1) is 6.92 Å². The Morgan fingerprint density at radius 3 is 2.85 bits per heavy atom. The van der Waals surface area contributed by atoms with Gasteiger partial charge in [0, 0.05) is 36.5 Å². The Kier molecular flexibility index (Phi) is 5.66. The molecule has 0 aliphatic heterocycles. The van der Waals surface area contributed by atoms with Crippen molar-refractivity contribution in [3.63, 3.8) is 0 Å². The lowest BCUT2D eigenvalue weighted by molar-refractivity contribution is -0.117. The highest BCUT2D eigenvalue weighted by molar-refractivity contribution is 6.53. The van der Waals surface area contributed by atoms with Gasteiger partial charge in [0.1, 0.15) is 0 Å². The van der Waals surface area contributed by atoms with Gasteiger partial charge in [-0.2, -0.15) is 0 Å². The van der Waals surface area contributed by atoms with Gasteiger partial charge in [-0.1, -0.05) is 35.3 Å². The molecule has 0 aliphatic rings. The number of aryl methyl sites for hydroxylation is 1. The summed E-state index contributed by atoms with van der Waals surface area (Å²) in [6.07, 6.45) is 3.51. The molecule has 2 aromatic carbocycles. The highest BCUT2D eigenvalue weighted by Gasteiger charge is 2.20. The molecular weight excluding hydrogens is 325 g/mol. The van der Waals surface area contributed by atoms with E-state index in [9.17, 15) is 4.79 Å². The SMILES string of the molecule is Cc1ccc(C(CN)C(=O)Nc2ccc3cnccc3c2)cc1[B]CO. The second kappa shape index (κ2) is 8.12. The summed E-state index contributed by atoms with van der Waals surface area (Å²) >= 11 is 0. The minimum atomic E-state index is -0.463. The Bertz CT molecular complexity index is 930. The molecule has 1 atom stereocenters. The van der Waals surface area contributed by atoms with E-state index in [2.05, 4.69) is 10.3 Å². The summed E-state index contributed by atoms with van der Waals surface area (Å²) in [6.45, 7) is 2.12. The number of benzene rings is 2. The first kappa shape index (κ1) is 18.1. The number of nitrogens with zero attached hydrogens (tertiary/aromatic N) is 1. The molecule has 0 aliphatic carbocycles. The fourth-order valence-electron chi connectivity index (χ4n) is 2.98. The number of hydrogen-bond donors (Lipinski definition) is 3. The molecule has 3 rings (SSSR count). The highest BCUT2D eigenvalue weighted by Crippen LogP contribution is 2.21. The summed E-state index contributed by atoms with van der Waals surface area (Å²) < 4.78 is 0. The molecule has 0 saturated heterocycles. The summed E-state index contributed by atoms with van der Waals surface area (Å²) in [6, 6.07) is 13.4. The van der Waals surface area contributed by atoms with E-state index in [1.807, 2.05) is 49.4 Å². The van der Waals surface area contributed by atoms with Gasteiger partial charge in [-0.3, -0.25) is 9.78 Å². The lowest BCUT2D eigenvalue weighted by Crippen LogP contribution is -2.29. The maximum atomic E-state index is 12.8. The maximum absolute atomic E-state index is 12.8. The largest absolute Gasteiger partial charge is 0.405 e. The van der Waals surface area contributed by atoms with Gasteiger partial charge in [0.25, 0.3) is 0 Å². The number of aromatic nitrogens is 1. The van der Waals surface area contributed by atoms with Crippen LogP contribution in [0.4, 0.5) is 5.69 Å². The van der Waals surface area contributed by atoms with Crippen molar-refractivity contribution in [1.82, 2.24) is 4.98 Å². The number of carbonyl (C=O) groups is 1.